The minimum Gasteiger partial charge on any atom is -0.360 e. The van der Waals surface area contributed by atoms with Crippen LogP contribution in [0.3, 0.4) is 0 Å². The van der Waals surface area contributed by atoms with Crippen LogP contribution < -0.4 is 0 Å². The minimum atomic E-state index is -3.59. The third-order valence-corrected chi connectivity index (χ3v) is 3.24. The fourth-order valence-electron chi connectivity index (χ4n) is 1.20. The number of nitrogens with one attached hydrogen (secondary N) is 1. The van der Waals surface area contributed by atoms with Gasteiger partial charge < -0.3 is 4.98 Å². The van der Waals surface area contributed by atoms with Crippen molar-refractivity contribution in [1.29, 1.82) is 0 Å². The average Bonchev–Trinajstić information content (AvgIpc) is 2.81. The van der Waals surface area contributed by atoms with E-state index >= 15 is 0 Å². The monoisotopic (exact) mass is 234 g/mol. The van der Waals surface area contributed by atoms with Crippen molar-refractivity contribution in [2.45, 2.75) is 4.90 Å². The number of nitrogens with zero attached hydrogens (tertiary/aromatic N) is 1. The number of aromatic amines is 1. The van der Waals surface area contributed by atoms with Gasteiger partial charge in [0, 0.05) is 6.20 Å². The number of rotatable bonds is 3. The van der Waals surface area contributed by atoms with Gasteiger partial charge in [0.1, 0.15) is 0 Å². The third kappa shape index (κ3) is 2.38. The van der Waals surface area contributed by atoms with Crippen molar-refractivity contribution >= 4 is 16.2 Å². The lowest BCUT2D eigenvalue weighted by atomic mass is 10.4. The maximum absolute atomic E-state index is 11.7. The van der Waals surface area contributed by atoms with Crippen LogP contribution >= 0.6 is 0 Å². The fourth-order valence-corrected chi connectivity index (χ4v) is 2.08. The summed E-state index contributed by atoms with van der Waals surface area (Å²) in [6, 6.07) is 11.6. The first-order valence-electron chi connectivity index (χ1n) is 4.67. The van der Waals surface area contributed by atoms with E-state index in [0.29, 0.717) is 5.69 Å². The summed E-state index contributed by atoms with van der Waals surface area (Å²) in [5, 5.41) is 0. The van der Waals surface area contributed by atoms with Crippen molar-refractivity contribution in [3.63, 3.8) is 0 Å². The molecule has 0 aliphatic rings. The number of benzene rings is 1. The van der Waals surface area contributed by atoms with Crippen molar-refractivity contribution in [1.82, 2.24) is 4.98 Å². The quantitative estimate of drug-likeness (QED) is 0.823. The molecule has 1 aromatic carbocycles. The molecule has 1 heterocycles. The molecule has 0 unspecified atom stereocenters. The van der Waals surface area contributed by atoms with Gasteiger partial charge in [-0.3, -0.25) is 0 Å². The first-order chi connectivity index (χ1) is 7.68. The van der Waals surface area contributed by atoms with Crippen molar-refractivity contribution < 1.29 is 8.42 Å². The largest absolute Gasteiger partial charge is 0.360 e. The molecule has 1 aromatic heterocycles. The van der Waals surface area contributed by atoms with Gasteiger partial charge in [0.2, 0.25) is 0 Å². The third-order valence-electron chi connectivity index (χ3n) is 1.99. The highest BCUT2D eigenvalue weighted by Crippen LogP contribution is 2.10. The van der Waals surface area contributed by atoms with Crippen molar-refractivity contribution in [2.75, 3.05) is 0 Å². The minimum absolute atomic E-state index is 0.192. The zero-order chi connectivity index (χ0) is 11.4. The van der Waals surface area contributed by atoms with E-state index in [1.807, 2.05) is 0 Å². The van der Waals surface area contributed by atoms with E-state index < -0.39 is 10.0 Å². The topological polar surface area (TPSA) is 62.3 Å². The van der Waals surface area contributed by atoms with Gasteiger partial charge in [-0.15, -0.1) is 0 Å². The second kappa shape index (κ2) is 4.32. The Bertz CT molecular complexity index is 572. The van der Waals surface area contributed by atoms with Crippen molar-refractivity contribution in [2.24, 2.45) is 4.40 Å². The average molecular weight is 234 g/mol. The predicted molar refractivity (Wildman–Crippen MR) is 62.0 cm³/mol. The van der Waals surface area contributed by atoms with Crippen LogP contribution in [0.5, 0.6) is 0 Å². The SMILES string of the molecule is O=S(=O)(N=Cc1ccc[nH]1)c1ccccc1. The molecule has 0 radical (unpaired) electrons. The summed E-state index contributed by atoms with van der Waals surface area (Å²) in [7, 11) is -3.59. The Morgan fingerprint density at radius 3 is 2.44 bits per heavy atom. The van der Waals surface area contributed by atoms with Crippen molar-refractivity contribution in [3.8, 4) is 0 Å². The van der Waals surface area contributed by atoms with E-state index in [4.69, 9.17) is 0 Å². The van der Waals surface area contributed by atoms with Gasteiger partial charge in [-0.05, 0) is 24.3 Å². The van der Waals surface area contributed by atoms with E-state index in [1.165, 1.54) is 18.3 Å². The molecule has 0 amide bonds. The van der Waals surface area contributed by atoms with Gasteiger partial charge in [-0.25, -0.2) is 0 Å². The molecular weight excluding hydrogens is 224 g/mol. The Balaban J connectivity index is 2.28. The molecule has 0 spiro atoms. The molecule has 1 N–H and O–H groups in total. The Morgan fingerprint density at radius 1 is 1.06 bits per heavy atom. The van der Waals surface area contributed by atoms with Gasteiger partial charge in [-0.2, -0.15) is 12.8 Å². The van der Waals surface area contributed by atoms with Crippen LogP contribution in [0.15, 0.2) is 58.0 Å². The molecule has 16 heavy (non-hydrogen) atoms. The van der Waals surface area contributed by atoms with Gasteiger partial charge in [0.05, 0.1) is 16.8 Å². The second-order valence-electron chi connectivity index (χ2n) is 3.15. The van der Waals surface area contributed by atoms with Crippen LogP contribution in [-0.4, -0.2) is 19.6 Å². The van der Waals surface area contributed by atoms with Crippen LogP contribution in [0.25, 0.3) is 0 Å². The highest BCUT2D eigenvalue weighted by molar-refractivity contribution is 7.90. The normalized spacial score (nSPS) is 12.0. The predicted octanol–water partition coefficient (Wildman–Crippen LogP) is 1.82. The van der Waals surface area contributed by atoms with Crippen LogP contribution in [0.1, 0.15) is 5.69 Å². The molecule has 0 bridgehead atoms. The maximum Gasteiger partial charge on any atom is 0.282 e. The zero-order valence-corrected chi connectivity index (χ0v) is 9.18. The highest BCUT2D eigenvalue weighted by atomic mass is 32.2. The van der Waals surface area contributed by atoms with Gasteiger partial charge in [0.25, 0.3) is 10.0 Å². The summed E-state index contributed by atoms with van der Waals surface area (Å²) < 4.78 is 27.0. The molecule has 5 heteroatoms. The fraction of sp³-hybridized carbons (Fsp3) is 0. The lowest BCUT2D eigenvalue weighted by Gasteiger charge is -1.96. The molecule has 0 atom stereocenters. The van der Waals surface area contributed by atoms with Crippen LogP contribution in [0, 0.1) is 0 Å². The Morgan fingerprint density at radius 2 is 1.81 bits per heavy atom. The highest BCUT2D eigenvalue weighted by Gasteiger charge is 2.09. The first kappa shape index (κ1) is 10.6. The lowest BCUT2D eigenvalue weighted by Crippen LogP contribution is -1.97. The molecule has 2 rings (SSSR count). The van der Waals surface area contributed by atoms with E-state index in [1.54, 1.807) is 36.5 Å². The Kier molecular flexibility index (Phi) is 2.87. The molecule has 0 fully saturated rings. The summed E-state index contributed by atoms with van der Waals surface area (Å²) >= 11 is 0. The van der Waals surface area contributed by atoms with E-state index in [2.05, 4.69) is 9.38 Å². The van der Waals surface area contributed by atoms with Gasteiger partial charge in [0.15, 0.2) is 0 Å². The second-order valence-corrected chi connectivity index (χ2v) is 4.78. The number of sulfonamides is 1. The zero-order valence-electron chi connectivity index (χ0n) is 8.37. The summed E-state index contributed by atoms with van der Waals surface area (Å²) in [6.45, 7) is 0. The van der Waals surface area contributed by atoms with E-state index in [0.717, 1.165) is 0 Å². The maximum atomic E-state index is 11.7. The smallest absolute Gasteiger partial charge is 0.282 e. The molecular formula is C11H10N2O2S. The molecule has 2 aromatic rings. The lowest BCUT2D eigenvalue weighted by molar-refractivity contribution is 0.598. The van der Waals surface area contributed by atoms with E-state index in [-0.39, 0.29) is 4.90 Å². The number of hydrogen-bond donors (Lipinski definition) is 1. The molecule has 0 aliphatic heterocycles. The molecule has 0 saturated heterocycles. The Labute approximate surface area is 93.7 Å². The van der Waals surface area contributed by atoms with E-state index in [9.17, 15) is 8.42 Å². The Hall–Kier alpha value is -1.88. The van der Waals surface area contributed by atoms with Crippen LogP contribution in [-0.2, 0) is 10.0 Å². The molecule has 0 aliphatic carbocycles. The summed E-state index contributed by atoms with van der Waals surface area (Å²) in [5.74, 6) is 0. The van der Waals surface area contributed by atoms with Crippen LogP contribution in [0.4, 0.5) is 0 Å². The summed E-state index contributed by atoms with van der Waals surface area (Å²) in [6.07, 6.45) is 3.00. The van der Waals surface area contributed by atoms with Crippen LogP contribution in [0.2, 0.25) is 0 Å². The number of aromatic nitrogens is 1. The van der Waals surface area contributed by atoms with Gasteiger partial charge in [-0.1, -0.05) is 18.2 Å². The van der Waals surface area contributed by atoms with Gasteiger partial charge >= 0.3 is 0 Å². The number of H-pyrrole nitrogens is 1. The standard InChI is InChI=1S/C11H10N2O2S/c14-16(15,11-6-2-1-3-7-11)13-9-10-5-4-8-12-10/h1-9,12H. The van der Waals surface area contributed by atoms with Crippen molar-refractivity contribution in [3.05, 3.63) is 54.4 Å². The molecule has 82 valence electrons. The first-order valence-corrected chi connectivity index (χ1v) is 6.11. The number of hydrogen-bond acceptors (Lipinski definition) is 2. The molecule has 0 saturated carbocycles. The summed E-state index contributed by atoms with van der Waals surface area (Å²) in [5.41, 5.74) is 0.652. The summed E-state index contributed by atoms with van der Waals surface area (Å²) in [4.78, 5) is 3.04. The molecule has 4 nitrogen and oxygen atoms in total.